The van der Waals surface area contributed by atoms with Gasteiger partial charge in [0.05, 0.1) is 0 Å². The van der Waals surface area contributed by atoms with Gasteiger partial charge in [-0.2, -0.15) is 78.7 Å². The Kier molecular flexibility index (Phi) is 6.08. The summed E-state index contributed by atoms with van der Waals surface area (Å²) >= 11 is 0. The first kappa shape index (κ1) is 27.7. The molecule has 3 nitrogen and oxygen atoms in total. The van der Waals surface area contributed by atoms with Gasteiger partial charge in [0, 0.05) is 0 Å². The van der Waals surface area contributed by atoms with Crippen molar-refractivity contribution in [3.05, 3.63) is 0 Å². The number of halogens is 17. The van der Waals surface area contributed by atoms with E-state index in [1.54, 1.807) is 0 Å². The van der Waals surface area contributed by atoms with Crippen molar-refractivity contribution in [1.82, 2.24) is 0 Å². The minimum Gasteiger partial charge on any atom is -0.284 e. The fraction of sp³-hybridized carbons (Fsp3) is 1.00. The van der Waals surface area contributed by atoms with E-state index in [1.807, 2.05) is 0 Å². The topological polar surface area (TPSA) is 54.4 Å². The van der Waals surface area contributed by atoms with Gasteiger partial charge in [0.2, 0.25) is 0 Å². The van der Waals surface area contributed by atoms with Gasteiger partial charge in [-0.3, -0.25) is 4.55 Å². The molecule has 0 bridgehead atoms. The largest absolute Gasteiger partial charge is 0.457 e. The third-order valence-electron chi connectivity index (χ3n) is 3.25. The average molecular weight is 500 g/mol. The van der Waals surface area contributed by atoms with Gasteiger partial charge in [0.15, 0.2) is 0 Å². The molecule has 0 spiro atoms. The molecular weight excluding hydrogens is 499 g/mol. The Morgan fingerprint density at radius 1 is 0.448 bits per heavy atom. The molecule has 0 aliphatic carbocycles. The van der Waals surface area contributed by atoms with Gasteiger partial charge in [-0.15, -0.1) is 0 Å². The molecule has 0 radical (unpaired) electrons. The second-order valence-electron chi connectivity index (χ2n) is 4.95. The average Bonchev–Trinajstić information content (AvgIpc) is 2.29. The first-order valence-corrected chi connectivity index (χ1v) is 7.12. The van der Waals surface area contributed by atoms with Crippen molar-refractivity contribution in [3.63, 3.8) is 0 Å². The summed E-state index contributed by atoms with van der Waals surface area (Å²) in [7, 11) is -9.07. The fourth-order valence-corrected chi connectivity index (χ4v) is 3.25. The van der Waals surface area contributed by atoms with Crippen molar-refractivity contribution in [2.24, 2.45) is 0 Å². The van der Waals surface area contributed by atoms with E-state index in [2.05, 4.69) is 0 Å². The van der Waals surface area contributed by atoms with Gasteiger partial charge in [-0.25, -0.2) is 4.39 Å². The molecule has 176 valence electrons. The highest BCUT2D eigenvalue weighted by molar-refractivity contribution is 7.87. The number of hydrogen-bond acceptors (Lipinski definition) is 2. The summed E-state index contributed by atoms with van der Waals surface area (Å²) in [6.07, 6.45) is -34.2. The van der Waals surface area contributed by atoms with Crippen LogP contribution in [0.1, 0.15) is 0 Å². The Bertz CT molecular complexity index is 680. The highest BCUT2D eigenvalue weighted by atomic mass is 32.2. The van der Waals surface area contributed by atoms with Gasteiger partial charge in [-0.1, -0.05) is 0 Å². The van der Waals surface area contributed by atoms with Crippen molar-refractivity contribution < 1.29 is 87.6 Å². The van der Waals surface area contributed by atoms with Crippen LogP contribution in [0.3, 0.4) is 0 Å². The Morgan fingerprint density at radius 2 is 0.655 bits per heavy atom. The van der Waals surface area contributed by atoms with Crippen molar-refractivity contribution in [1.29, 1.82) is 0 Å². The maximum atomic E-state index is 14.2. The molecule has 0 fully saturated rings. The normalized spacial score (nSPS) is 16.9. The van der Waals surface area contributed by atoms with E-state index >= 15 is 0 Å². The highest BCUT2D eigenvalue weighted by Crippen LogP contribution is 2.69. The van der Waals surface area contributed by atoms with Gasteiger partial charge >= 0.3 is 41.3 Å². The quantitative estimate of drug-likeness (QED) is 0.444. The molecule has 1 N–H and O–H groups in total. The van der Waals surface area contributed by atoms with Crippen LogP contribution >= 0.6 is 0 Å². The number of hydrogen-bond donors (Lipinski definition) is 1. The highest BCUT2D eigenvalue weighted by Gasteiger charge is 3.04. The molecule has 0 aromatic heterocycles. The monoisotopic (exact) mass is 500 g/mol. The van der Waals surface area contributed by atoms with Gasteiger partial charge < -0.3 is 0 Å². The molecule has 0 saturated carbocycles. The van der Waals surface area contributed by atoms with Crippen LogP contribution in [0, 0.1) is 0 Å². The summed E-state index contributed by atoms with van der Waals surface area (Å²) < 4.78 is 238. The Morgan fingerprint density at radius 3 is 0.759 bits per heavy atom. The molecule has 0 aromatic carbocycles. The van der Waals surface area contributed by atoms with E-state index in [0.717, 1.165) is 0 Å². The predicted octanol–water partition coefficient (Wildman–Crippen LogP) is 4.84. The molecular formula is C8HF17O3S. The fourth-order valence-electron chi connectivity index (χ4n) is 2.05. The summed E-state index contributed by atoms with van der Waals surface area (Å²) in [5.74, 6) is -18.1. The molecule has 0 aliphatic rings. The number of rotatable bonds is 4. The molecule has 21 heteroatoms. The van der Waals surface area contributed by atoms with Gasteiger partial charge in [0.25, 0.3) is 15.8 Å². The molecule has 0 aromatic rings. The van der Waals surface area contributed by atoms with Crippen LogP contribution in [0.25, 0.3) is 0 Å². The molecule has 0 unspecified atom stereocenters. The van der Waals surface area contributed by atoms with Crippen LogP contribution < -0.4 is 0 Å². The summed E-state index contributed by atoms with van der Waals surface area (Å²) in [6, 6.07) is 0. The molecule has 0 aliphatic heterocycles. The van der Waals surface area contributed by atoms with Crippen LogP contribution in [0.2, 0.25) is 0 Å². The minimum absolute atomic E-state index is 8.08. The zero-order valence-corrected chi connectivity index (χ0v) is 12.9. The Labute approximate surface area is 146 Å². The SMILES string of the molecule is O=S(=O)(O)C(C(F)(F)F)(C(F)(F)F)C(F)(C(F)(F)C(F)(F)F)C(F)(F)C(F)(F)F. The third-order valence-corrected chi connectivity index (χ3v) is 4.77. The van der Waals surface area contributed by atoms with E-state index in [9.17, 15) is 83.1 Å². The molecule has 0 heterocycles. The lowest BCUT2D eigenvalue weighted by Crippen LogP contribution is -2.86. The van der Waals surface area contributed by atoms with Crippen LogP contribution in [0.5, 0.6) is 0 Å². The molecule has 0 atom stereocenters. The van der Waals surface area contributed by atoms with E-state index in [-0.39, 0.29) is 0 Å². The Balaban J connectivity index is 8.37. The summed E-state index contributed by atoms with van der Waals surface area (Å²) in [6.45, 7) is 0. The van der Waals surface area contributed by atoms with E-state index in [0.29, 0.717) is 0 Å². The Hall–Kier alpha value is -1.28. The lowest BCUT2D eigenvalue weighted by Gasteiger charge is -2.49. The zero-order chi connectivity index (χ0) is 24.5. The second kappa shape index (κ2) is 6.36. The van der Waals surface area contributed by atoms with Crippen LogP contribution in [-0.2, 0) is 10.1 Å². The lowest BCUT2D eigenvalue weighted by atomic mass is 9.75. The minimum atomic E-state index is -9.48. The van der Waals surface area contributed by atoms with Crippen molar-refractivity contribution >= 4 is 10.1 Å². The van der Waals surface area contributed by atoms with E-state index < -0.39 is 57.1 Å². The molecule has 29 heavy (non-hydrogen) atoms. The summed E-state index contributed by atoms with van der Waals surface area (Å²) in [5.41, 5.74) is -9.48. The summed E-state index contributed by atoms with van der Waals surface area (Å²) in [5, 5.41) is 0. The second-order valence-corrected chi connectivity index (χ2v) is 6.52. The van der Waals surface area contributed by atoms with E-state index in [4.69, 9.17) is 4.55 Å². The molecule has 0 saturated heterocycles. The van der Waals surface area contributed by atoms with Crippen LogP contribution in [0.15, 0.2) is 0 Å². The lowest BCUT2D eigenvalue weighted by molar-refractivity contribution is -0.445. The van der Waals surface area contributed by atoms with Gasteiger partial charge in [-0.05, 0) is 0 Å². The van der Waals surface area contributed by atoms with Crippen molar-refractivity contribution in [2.45, 2.75) is 47.0 Å². The standard InChI is InChI=1S/C8HF17O3S/c9-1(3(10,11)7(20,21)22,4(12,13)8(23,24)25)2(5(14,15)16,6(17,18)19)29(26,27)28/h(H,26,27,28). The zero-order valence-electron chi connectivity index (χ0n) is 12.1. The molecule has 0 amide bonds. The van der Waals surface area contributed by atoms with Crippen molar-refractivity contribution in [2.75, 3.05) is 0 Å². The van der Waals surface area contributed by atoms with Gasteiger partial charge in [0.1, 0.15) is 0 Å². The van der Waals surface area contributed by atoms with Crippen molar-refractivity contribution in [3.8, 4) is 0 Å². The first-order valence-electron chi connectivity index (χ1n) is 5.68. The first-order chi connectivity index (χ1) is 12.0. The smallest absolute Gasteiger partial charge is 0.284 e. The number of alkyl halides is 17. The van der Waals surface area contributed by atoms with Crippen LogP contribution in [-0.4, -0.2) is 59.9 Å². The van der Waals surface area contributed by atoms with E-state index in [1.165, 1.54) is 0 Å². The predicted molar refractivity (Wildman–Crippen MR) is 52.2 cm³/mol. The third kappa shape index (κ3) is 3.26. The maximum Gasteiger partial charge on any atom is 0.457 e. The maximum absolute atomic E-state index is 14.2. The van der Waals surface area contributed by atoms with Crippen LogP contribution in [0.4, 0.5) is 74.6 Å². The molecule has 0 rings (SSSR count). The summed E-state index contributed by atoms with van der Waals surface area (Å²) in [4.78, 5) is 0.